The van der Waals surface area contributed by atoms with Crippen molar-refractivity contribution in [3.8, 4) is 0 Å². The molecule has 0 saturated heterocycles. The molecule has 21 heavy (non-hydrogen) atoms. The van der Waals surface area contributed by atoms with Crippen molar-refractivity contribution in [2.45, 2.75) is 46.1 Å². The van der Waals surface area contributed by atoms with Crippen molar-refractivity contribution in [1.82, 2.24) is 10.6 Å². The van der Waals surface area contributed by atoms with Crippen molar-refractivity contribution in [2.75, 3.05) is 13.1 Å². The summed E-state index contributed by atoms with van der Waals surface area (Å²) in [4.78, 5) is 11.7. The van der Waals surface area contributed by atoms with Crippen molar-refractivity contribution in [3.05, 3.63) is 35.4 Å². The summed E-state index contributed by atoms with van der Waals surface area (Å²) >= 11 is 0. The fraction of sp³-hybridized carbons (Fsp3) is 0.588. The lowest BCUT2D eigenvalue weighted by molar-refractivity contribution is 0.163. The average molecular weight is 292 g/mol. The second-order valence-electron chi connectivity index (χ2n) is 6.09. The van der Waals surface area contributed by atoms with E-state index in [0.29, 0.717) is 19.5 Å². The van der Waals surface area contributed by atoms with Gasteiger partial charge in [-0.3, -0.25) is 0 Å². The summed E-state index contributed by atoms with van der Waals surface area (Å²) in [6, 6.07) is 8.23. The van der Waals surface area contributed by atoms with Gasteiger partial charge in [-0.05, 0) is 37.7 Å². The number of nitrogens with one attached hydrogen (secondary N) is 2. The van der Waals surface area contributed by atoms with E-state index in [1.54, 1.807) is 6.92 Å². The molecule has 0 aliphatic carbocycles. The minimum absolute atomic E-state index is 0.147. The van der Waals surface area contributed by atoms with Crippen molar-refractivity contribution in [2.24, 2.45) is 5.92 Å². The Labute approximate surface area is 128 Å². The zero-order valence-corrected chi connectivity index (χ0v) is 13.5. The van der Waals surface area contributed by atoms with Gasteiger partial charge >= 0.3 is 6.03 Å². The normalized spacial score (nSPS) is 15.1. The maximum Gasteiger partial charge on any atom is 0.314 e. The van der Waals surface area contributed by atoms with Crippen LogP contribution in [-0.4, -0.2) is 30.3 Å². The number of aliphatic hydroxyl groups is 1. The Morgan fingerprint density at radius 1 is 1.10 bits per heavy atom. The summed E-state index contributed by atoms with van der Waals surface area (Å²) in [6.45, 7) is 9.13. The molecule has 0 saturated carbocycles. The smallest absolute Gasteiger partial charge is 0.314 e. The summed E-state index contributed by atoms with van der Waals surface area (Å²) < 4.78 is 0. The number of benzene rings is 1. The van der Waals surface area contributed by atoms with Crippen LogP contribution in [0.15, 0.2) is 24.3 Å². The van der Waals surface area contributed by atoms with Gasteiger partial charge in [-0.1, -0.05) is 43.7 Å². The fourth-order valence-electron chi connectivity index (χ4n) is 2.25. The second kappa shape index (κ2) is 8.67. The molecule has 0 aliphatic heterocycles. The van der Waals surface area contributed by atoms with Gasteiger partial charge in [0.15, 0.2) is 0 Å². The molecule has 4 nitrogen and oxygen atoms in total. The number of rotatable bonds is 7. The van der Waals surface area contributed by atoms with E-state index in [9.17, 15) is 9.90 Å². The van der Waals surface area contributed by atoms with Crippen LogP contribution >= 0.6 is 0 Å². The molecular formula is C17H28N2O2. The lowest BCUT2D eigenvalue weighted by Gasteiger charge is -2.16. The number of carbonyl (C=O) groups excluding carboxylic acids is 1. The molecule has 0 aliphatic rings. The fourth-order valence-corrected chi connectivity index (χ4v) is 2.25. The van der Waals surface area contributed by atoms with Gasteiger partial charge in [0.1, 0.15) is 0 Å². The molecule has 1 rings (SSSR count). The van der Waals surface area contributed by atoms with Crippen LogP contribution < -0.4 is 10.6 Å². The van der Waals surface area contributed by atoms with E-state index in [2.05, 4.69) is 48.7 Å². The van der Waals surface area contributed by atoms with Gasteiger partial charge in [-0.2, -0.15) is 0 Å². The molecule has 118 valence electrons. The van der Waals surface area contributed by atoms with Crippen molar-refractivity contribution < 1.29 is 9.90 Å². The average Bonchev–Trinajstić information content (AvgIpc) is 2.42. The zero-order valence-electron chi connectivity index (χ0n) is 13.5. The molecule has 3 atom stereocenters. The highest BCUT2D eigenvalue weighted by molar-refractivity contribution is 5.73. The summed E-state index contributed by atoms with van der Waals surface area (Å²) in [5, 5.41) is 15.0. The molecule has 3 unspecified atom stereocenters. The van der Waals surface area contributed by atoms with Gasteiger partial charge in [-0.25, -0.2) is 4.79 Å². The first-order valence-corrected chi connectivity index (χ1v) is 7.64. The van der Waals surface area contributed by atoms with Gasteiger partial charge in [0.05, 0.1) is 6.10 Å². The Morgan fingerprint density at radius 2 is 1.67 bits per heavy atom. The van der Waals surface area contributed by atoms with Crippen LogP contribution in [0.25, 0.3) is 0 Å². The standard InChI is InChI=1S/C17H28N2O2/c1-12-5-7-16(8-6-12)14(3)11-19-17(21)18-10-13(2)9-15(4)20/h5-8,13-15,20H,9-11H2,1-4H3,(H2,18,19,21). The Hall–Kier alpha value is -1.55. The molecule has 0 heterocycles. The van der Waals surface area contributed by atoms with E-state index in [0.717, 1.165) is 0 Å². The molecule has 0 aromatic heterocycles. The number of aryl methyl sites for hydroxylation is 1. The Morgan fingerprint density at radius 3 is 2.24 bits per heavy atom. The molecule has 4 heteroatoms. The molecule has 1 aromatic rings. The summed E-state index contributed by atoms with van der Waals surface area (Å²) in [5.41, 5.74) is 2.46. The Balaban J connectivity index is 2.27. The quantitative estimate of drug-likeness (QED) is 0.723. The molecule has 1 aromatic carbocycles. The van der Waals surface area contributed by atoms with Crippen molar-refractivity contribution >= 4 is 6.03 Å². The van der Waals surface area contributed by atoms with Gasteiger partial charge in [0.2, 0.25) is 0 Å². The Bertz CT molecular complexity index is 429. The molecule has 0 radical (unpaired) electrons. The van der Waals surface area contributed by atoms with E-state index in [1.165, 1.54) is 11.1 Å². The van der Waals surface area contributed by atoms with Gasteiger partial charge in [-0.15, -0.1) is 0 Å². The topological polar surface area (TPSA) is 61.4 Å². The highest BCUT2D eigenvalue weighted by Crippen LogP contribution is 2.14. The SMILES string of the molecule is Cc1ccc(C(C)CNC(=O)NCC(C)CC(C)O)cc1. The van der Waals surface area contributed by atoms with Gasteiger partial charge in [0.25, 0.3) is 0 Å². The van der Waals surface area contributed by atoms with Crippen LogP contribution in [0.2, 0.25) is 0 Å². The summed E-state index contributed by atoms with van der Waals surface area (Å²) in [5.74, 6) is 0.552. The minimum Gasteiger partial charge on any atom is -0.393 e. The third kappa shape index (κ3) is 7.14. The van der Waals surface area contributed by atoms with Crippen LogP contribution in [0.4, 0.5) is 4.79 Å². The predicted molar refractivity (Wildman–Crippen MR) is 86.5 cm³/mol. The zero-order chi connectivity index (χ0) is 15.8. The van der Waals surface area contributed by atoms with Crippen LogP contribution in [0.3, 0.4) is 0 Å². The number of urea groups is 1. The van der Waals surface area contributed by atoms with Crippen LogP contribution in [0.5, 0.6) is 0 Å². The van der Waals surface area contributed by atoms with Crippen molar-refractivity contribution in [1.29, 1.82) is 0 Å². The highest BCUT2D eigenvalue weighted by atomic mass is 16.3. The van der Waals surface area contributed by atoms with Crippen LogP contribution in [0, 0.1) is 12.8 Å². The first-order valence-electron chi connectivity index (χ1n) is 7.64. The second-order valence-corrected chi connectivity index (χ2v) is 6.09. The number of amides is 2. The Kier molecular flexibility index (Phi) is 7.23. The van der Waals surface area contributed by atoms with E-state index in [4.69, 9.17) is 0 Å². The lowest BCUT2D eigenvalue weighted by atomic mass is 10.0. The molecule has 0 bridgehead atoms. The lowest BCUT2D eigenvalue weighted by Crippen LogP contribution is -2.39. The third-order valence-electron chi connectivity index (χ3n) is 3.57. The number of aliphatic hydroxyl groups excluding tert-OH is 1. The molecule has 3 N–H and O–H groups in total. The molecule has 0 fully saturated rings. The van der Waals surface area contributed by atoms with Crippen LogP contribution in [-0.2, 0) is 0 Å². The monoisotopic (exact) mass is 292 g/mol. The highest BCUT2D eigenvalue weighted by Gasteiger charge is 2.10. The van der Waals surface area contributed by atoms with E-state index in [1.807, 2.05) is 6.92 Å². The largest absolute Gasteiger partial charge is 0.393 e. The number of hydrogen-bond donors (Lipinski definition) is 3. The molecular weight excluding hydrogens is 264 g/mol. The predicted octanol–water partition coefficient (Wildman–Crippen LogP) is 2.80. The van der Waals surface area contributed by atoms with E-state index < -0.39 is 0 Å². The summed E-state index contributed by atoms with van der Waals surface area (Å²) in [7, 11) is 0. The third-order valence-corrected chi connectivity index (χ3v) is 3.57. The van der Waals surface area contributed by atoms with E-state index in [-0.39, 0.29) is 24.0 Å². The maximum absolute atomic E-state index is 11.7. The number of carbonyl (C=O) groups is 1. The summed E-state index contributed by atoms with van der Waals surface area (Å²) in [6.07, 6.45) is 0.367. The van der Waals surface area contributed by atoms with Gasteiger partial charge in [0, 0.05) is 13.1 Å². The maximum atomic E-state index is 11.7. The first kappa shape index (κ1) is 17.5. The van der Waals surface area contributed by atoms with E-state index >= 15 is 0 Å². The minimum atomic E-state index is -0.327. The first-order chi connectivity index (χ1) is 9.88. The van der Waals surface area contributed by atoms with Gasteiger partial charge < -0.3 is 15.7 Å². The number of hydrogen-bond acceptors (Lipinski definition) is 2. The molecule has 2 amide bonds. The molecule has 0 spiro atoms. The van der Waals surface area contributed by atoms with Crippen LogP contribution in [0.1, 0.15) is 44.2 Å². The van der Waals surface area contributed by atoms with Crippen molar-refractivity contribution in [3.63, 3.8) is 0 Å².